The van der Waals surface area contributed by atoms with Crippen LogP contribution in [0, 0.1) is 0 Å². The number of nitrogens with one attached hydrogen (secondary N) is 6. The van der Waals surface area contributed by atoms with E-state index in [1.54, 1.807) is 36.4 Å². The highest BCUT2D eigenvalue weighted by atomic mass is 35.5. The smallest absolute Gasteiger partial charge is 0.276 e. The maximum absolute atomic E-state index is 12.5. The number of pyridine rings is 1. The van der Waals surface area contributed by atoms with Crippen LogP contribution in [0.3, 0.4) is 0 Å². The zero-order valence-corrected chi connectivity index (χ0v) is 22.1. The van der Waals surface area contributed by atoms with Crippen LogP contribution >= 0.6 is 47.6 Å². The first-order valence-corrected chi connectivity index (χ1v) is 12.0. The number of thiocarbonyl (C=S) groups is 2. The van der Waals surface area contributed by atoms with Gasteiger partial charge in [0.15, 0.2) is 10.2 Å². The molecule has 0 saturated carbocycles. The van der Waals surface area contributed by atoms with E-state index in [1.807, 2.05) is 0 Å². The van der Waals surface area contributed by atoms with Crippen LogP contribution < -0.4 is 32.3 Å². The molecule has 0 bridgehead atoms. The Kier molecular flexibility index (Phi) is 10.0. The number of halogens is 2. The fourth-order valence-electron chi connectivity index (χ4n) is 2.74. The van der Waals surface area contributed by atoms with Gasteiger partial charge in [-0.2, -0.15) is 0 Å². The summed E-state index contributed by atoms with van der Waals surface area (Å²) in [5.41, 5.74) is 9.48. The van der Waals surface area contributed by atoms with Gasteiger partial charge in [-0.05, 0) is 60.8 Å². The van der Waals surface area contributed by atoms with Crippen molar-refractivity contribution in [3.05, 3.63) is 99.3 Å². The lowest BCUT2D eigenvalue weighted by molar-refractivity contribution is 0.0931. The van der Waals surface area contributed by atoms with Gasteiger partial charge in [-0.3, -0.25) is 51.5 Å². The van der Waals surface area contributed by atoms with Crippen molar-refractivity contribution in [1.29, 1.82) is 0 Å². The van der Waals surface area contributed by atoms with E-state index in [0.29, 0.717) is 0 Å². The molecule has 2 aromatic carbocycles. The third-order valence-electron chi connectivity index (χ3n) is 4.48. The molecular formula is C23H17Cl2N7O4S2. The Morgan fingerprint density at radius 2 is 0.947 bits per heavy atom. The van der Waals surface area contributed by atoms with Crippen molar-refractivity contribution in [1.82, 2.24) is 37.3 Å². The summed E-state index contributed by atoms with van der Waals surface area (Å²) < 4.78 is 0. The molecule has 0 spiro atoms. The fraction of sp³-hybridized carbons (Fsp3) is 0. The molecule has 0 aliphatic rings. The number of amides is 4. The lowest BCUT2D eigenvalue weighted by Crippen LogP contribution is -2.49. The summed E-state index contributed by atoms with van der Waals surface area (Å²) in [6, 6.07) is 16.8. The van der Waals surface area contributed by atoms with Gasteiger partial charge in [-0.15, -0.1) is 0 Å². The Balaban J connectivity index is 1.50. The molecular weight excluding hydrogens is 573 g/mol. The van der Waals surface area contributed by atoms with Crippen LogP contribution in [-0.2, 0) is 0 Å². The van der Waals surface area contributed by atoms with E-state index in [0.717, 1.165) is 0 Å². The topological polar surface area (TPSA) is 153 Å². The predicted octanol–water partition coefficient (Wildman–Crippen LogP) is 2.29. The summed E-state index contributed by atoms with van der Waals surface area (Å²) in [4.78, 5) is 53.3. The summed E-state index contributed by atoms with van der Waals surface area (Å²) in [7, 11) is 0. The average molecular weight is 590 g/mol. The summed E-state index contributed by atoms with van der Waals surface area (Å²) in [6.07, 6.45) is 0. The van der Waals surface area contributed by atoms with E-state index in [4.69, 9.17) is 47.6 Å². The first-order chi connectivity index (χ1) is 18.2. The molecule has 194 valence electrons. The number of carbonyl (C=O) groups is 4. The highest BCUT2D eigenvalue weighted by Gasteiger charge is 2.16. The van der Waals surface area contributed by atoms with Gasteiger partial charge in [0.05, 0.1) is 21.2 Å². The van der Waals surface area contributed by atoms with Crippen LogP contribution in [0.15, 0.2) is 66.7 Å². The molecule has 0 saturated heterocycles. The maximum atomic E-state index is 12.5. The standard InChI is InChI=1S/C23H17Cl2N7O4S2/c24-14-8-3-1-6-12(14)18(33)29-31-22(37)27-20(35)16-10-5-11-17(26-16)21(36)28-23(38)32-30-19(34)13-7-2-4-9-15(13)25/h1-11H,(H,29,33)(H,30,34)(H2,27,31,35,37)(H2,28,32,36,38). The Morgan fingerprint density at radius 3 is 1.34 bits per heavy atom. The number of aromatic nitrogens is 1. The molecule has 1 aromatic heterocycles. The number of carbonyl (C=O) groups excluding carboxylic acids is 4. The second-order valence-electron chi connectivity index (χ2n) is 7.09. The number of benzene rings is 2. The van der Waals surface area contributed by atoms with Gasteiger partial charge in [-0.1, -0.05) is 53.5 Å². The van der Waals surface area contributed by atoms with Crippen molar-refractivity contribution < 1.29 is 19.2 Å². The van der Waals surface area contributed by atoms with Crippen LogP contribution in [0.2, 0.25) is 10.0 Å². The molecule has 11 nitrogen and oxygen atoms in total. The quantitative estimate of drug-likeness (QED) is 0.199. The molecule has 4 amide bonds. The van der Waals surface area contributed by atoms with Crippen molar-refractivity contribution in [3.63, 3.8) is 0 Å². The Labute approximate surface area is 236 Å². The van der Waals surface area contributed by atoms with Crippen molar-refractivity contribution in [2.75, 3.05) is 0 Å². The summed E-state index contributed by atoms with van der Waals surface area (Å²) in [6.45, 7) is 0. The highest BCUT2D eigenvalue weighted by molar-refractivity contribution is 7.80. The molecule has 3 aromatic rings. The third kappa shape index (κ3) is 7.91. The summed E-state index contributed by atoms with van der Waals surface area (Å²) >= 11 is 21.9. The van der Waals surface area contributed by atoms with Crippen LogP contribution in [0.5, 0.6) is 0 Å². The Bertz CT molecular complexity index is 1340. The summed E-state index contributed by atoms with van der Waals surface area (Å²) in [5, 5.41) is 4.65. The monoisotopic (exact) mass is 589 g/mol. The second kappa shape index (κ2) is 13.4. The third-order valence-corrected chi connectivity index (χ3v) is 5.55. The molecule has 0 aliphatic heterocycles. The minimum Gasteiger partial charge on any atom is -0.296 e. The van der Waals surface area contributed by atoms with E-state index in [-0.39, 0.29) is 42.8 Å². The van der Waals surface area contributed by atoms with Crippen LogP contribution in [0.1, 0.15) is 41.7 Å². The molecule has 3 rings (SSSR count). The van der Waals surface area contributed by atoms with E-state index in [1.165, 1.54) is 30.3 Å². The van der Waals surface area contributed by atoms with E-state index >= 15 is 0 Å². The Hall–Kier alpha value is -4.17. The first kappa shape index (κ1) is 28.4. The number of hydrazine groups is 2. The predicted molar refractivity (Wildman–Crippen MR) is 148 cm³/mol. The molecule has 0 radical (unpaired) electrons. The van der Waals surface area contributed by atoms with Crippen molar-refractivity contribution in [2.45, 2.75) is 0 Å². The number of hydrogen-bond acceptors (Lipinski definition) is 7. The fourth-order valence-corrected chi connectivity index (χ4v) is 3.47. The average Bonchev–Trinajstić information content (AvgIpc) is 2.91. The molecule has 6 N–H and O–H groups in total. The van der Waals surface area contributed by atoms with Gasteiger partial charge in [0.25, 0.3) is 23.6 Å². The van der Waals surface area contributed by atoms with Gasteiger partial charge in [0.2, 0.25) is 0 Å². The van der Waals surface area contributed by atoms with Crippen LogP contribution in [0.25, 0.3) is 0 Å². The van der Waals surface area contributed by atoms with Gasteiger partial charge in [0, 0.05) is 0 Å². The van der Waals surface area contributed by atoms with Gasteiger partial charge in [0.1, 0.15) is 11.4 Å². The van der Waals surface area contributed by atoms with Crippen LogP contribution in [0.4, 0.5) is 0 Å². The van der Waals surface area contributed by atoms with Gasteiger partial charge >= 0.3 is 0 Å². The van der Waals surface area contributed by atoms with Crippen LogP contribution in [-0.4, -0.2) is 38.8 Å². The van der Waals surface area contributed by atoms with Crippen molar-refractivity contribution in [2.24, 2.45) is 0 Å². The number of rotatable bonds is 4. The number of nitrogens with zero attached hydrogens (tertiary/aromatic N) is 1. The SMILES string of the molecule is O=C(NC(=S)NNC(=O)c1ccccc1Cl)c1cccc(C(=O)NC(=S)NNC(=O)c2ccccc2Cl)n1. The molecule has 38 heavy (non-hydrogen) atoms. The zero-order valence-electron chi connectivity index (χ0n) is 19.0. The lowest BCUT2D eigenvalue weighted by Gasteiger charge is -2.12. The molecule has 0 fully saturated rings. The van der Waals surface area contributed by atoms with Gasteiger partial charge < -0.3 is 0 Å². The van der Waals surface area contributed by atoms with E-state index in [2.05, 4.69) is 37.3 Å². The van der Waals surface area contributed by atoms with Crippen molar-refractivity contribution in [3.8, 4) is 0 Å². The van der Waals surface area contributed by atoms with E-state index < -0.39 is 23.6 Å². The molecule has 0 atom stereocenters. The first-order valence-electron chi connectivity index (χ1n) is 10.4. The largest absolute Gasteiger partial charge is 0.296 e. The summed E-state index contributed by atoms with van der Waals surface area (Å²) in [5.74, 6) is -2.65. The normalized spacial score (nSPS) is 9.95. The second-order valence-corrected chi connectivity index (χ2v) is 8.72. The highest BCUT2D eigenvalue weighted by Crippen LogP contribution is 2.15. The van der Waals surface area contributed by atoms with Gasteiger partial charge in [-0.25, -0.2) is 4.98 Å². The number of hydrogen-bond donors (Lipinski definition) is 6. The maximum Gasteiger partial charge on any atom is 0.276 e. The minimum atomic E-state index is -0.753. The molecule has 0 aliphatic carbocycles. The zero-order chi connectivity index (χ0) is 27.7. The van der Waals surface area contributed by atoms with E-state index in [9.17, 15) is 19.2 Å². The molecule has 0 unspecified atom stereocenters. The molecule has 15 heteroatoms. The minimum absolute atomic E-state index is 0.148. The lowest BCUT2D eigenvalue weighted by atomic mass is 10.2. The Morgan fingerprint density at radius 1 is 0.553 bits per heavy atom. The molecule has 1 heterocycles. The van der Waals surface area contributed by atoms with Crippen molar-refractivity contribution >= 4 is 81.5 Å².